The quantitative estimate of drug-likeness (QED) is 0.558. The van der Waals surface area contributed by atoms with Crippen molar-refractivity contribution in [2.75, 3.05) is 0 Å². The molecule has 0 aliphatic heterocycles. The van der Waals surface area contributed by atoms with Crippen LogP contribution in [0.4, 0.5) is 0 Å². The summed E-state index contributed by atoms with van der Waals surface area (Å²) in [6.07, 6.45) is 2.82. The van der Waals surface area contributed by atoms with Crippen LogP contribution in [-0.4, -0.2) is 0 Å². The van der Waals surface area contributed by atoms with Gasteiger partial charge in [0.2, 0.25) is 0 Å². The Labute approximate surface area is 77.1 Å². The van der Waals surface area contributed by atoms with Gasteiger partial charge in [0.25, 0.3) is 0 Å². The van der Waals surface area contributed by atoms with Crippen LogP contribution in [0.2, 0.25) is 0 Å². The molecule has 0 heterocycles. The second-order valence-electron chi connectivity index (χ2n) is 4.97. The monoisotopic (exact) mass is 166 g/mol. The molecule has 0 nitrogen and oxygen atoms in total. The number of allylic oxidation sites excluding steroid dienone is 1. The van der Waals surface area contributed by atoms with Gasteiger partial charge in [0.15, 0.2) is 0 Å². The van der Waals surface area contributed by atoms with E-state index in [2.05, 4.69) is 34.3 Å². The van der Waals surface area contributed by atoms with Crippen molar-refractivity contribution in [1.29, 1.82) is 0 Å². The van der Waals surface area contributed by atoms with Crippen LogP contribution in [-0.2, 0) is 0 Å². The first kappa shape index (κ1) is 9.83. The summed E-state index contributed by atoms with van der Waals surface area (Å²) in [6, 6.07) is 0. The molecule has 0 heteroatoms. The van der Waals surface area contributed by atoms with Gasteiger partial charge in [-0.2, -0.15) is 0 Å². The van der Waals surface area contributed by atoms with Gasteiger partial charge in [-0.1, -0.05) is 32.9 Å². The molecule has 0 amide bonds. The van der Waals surface area contributed by atoms with Crippen molar-refractivity contribution >= 4 is 0 Å². The Morgan fingerprint density at radius 2 is 2.08 bits per heavy atom. The fourth-order valence-corrected chi connectivity index (χ4v) is 2.78. The molecule has 0 spiro atoms. The molecule has 0 aromatic heterocycles. The Morgan fingerprint density at radius 3 is 2.42 bits per heavy atom. The number of hydrogen-bond donors (Lipinski definition) is 0. The molecule has 0 saturated heterocycles. The topological polar surface area (TPSA) is 0 Å². The zero-order valence-corrected chi connectivity index (χ0v) is 8.93. The van der Waals surface area contributed by atoms with Crippen molar-refractivity contribution in [1.82, 2.24) is 0 Å². The first-order valence-corrected chi connectivity index (χ1v) is 5.17. The van der Waals surface area contributed by atoms with Gasteiger partial charge in [0.05, 0.1) is 0 Å². The van der Waals surface area contributed by atoms with Crippen molar-refractivity contribution < 1.29 is 0 Å². The summed E-state index contributed by atoms with van der Waals surface area (Å²) in [5.74, 6) is 3.51. The molecule has 1 rings (SSSR count). The lowest BCUT2D eigenvalue weighted by molar-refractivity contribution is 0.0981. The average molecular weight is 166 g/mol. The molecule has 0 radical (unpaired) electrons. The fourth-order valence-electron chi connectivity index (χ4n) is 2.78. The van der Waals surface area contributed by atoms with Crippen LogP contribution in [0.25, 0.3) is 0 Å². The van der Waals surface area contributed by atoms with Crippen molar-refractivity contribution in [3.63, 3.8) is 0 Å². The highest BCUT2D eigenvalue weighted by Gasteiger charge is 2.37. The molecule has 12 heavy (non-hydrogen) atoms. The van der Waals surface area contributed by atoms with Crippen LogP contribution in [0.1, 0.15) is 40.5 Å². The van der Waals surface area contributed by atoms with Crippen molar-refractivity contribution in [3.05, 3.63) is 12.2 Å². The Hall–Kier alpha value is -0.260. The predicted octanol–water partition coefficient (Wildman–Crippen LogP) is 3.88. The maximum Gasteiger partial charge on any atom is -0.0154 e. The van der Waals surface area contributed by atoms with Crippen molar-refractivity contribution in [2.24, 2.45) is 23.7 Å². The van der Waals surface area contributed by atoms with Gasteiger partial charge < -0.3 is 0 Å². The minimum absolute atomic E-state index is 0.826. The van der Waals surface area contributed by atoms with Gasteiger partial charge in [-0.3, -0.25) is 0 Å². The molecule has 1 saturated carbocycles. The van der Waals surface area contributed by atoms with Gasteiger partial charge in [-0.15, -0.1) is 0 Å². The van der Waals surface area contributed by atoms with Gasteiger partial charge in [0.1, 0.15) is 0 Å². The number of hydrogen-bond acceptors (Lipinski definition) is 0. The number of rotatable bonds is 3. The van der Waals surface area contributed by atoms with E-state index in [0.717, 1.165) is 23.7 Å². The SMILES string of the molecule is C=C(C)C1C(C)CC1CC(C)C. The van der Waals surface area contributed by atoms with E-state index in [9.17, 15) is 0 Å². The van der Waals surface area contributed by atoms with Crippen LogP contribution in [0, 0.1) is 23.7 Å². The fraction of sp³-hybridized carbons (Fsp3) is 0.833. The summed E-state index contributed by atoms with van der Waals surface area (Å²) >= 11 is 0. The van der Waals surface area contributed by atoms with Crippen LogP contribution < -0.4 is 0 Å². The van der Waals surface area contributed by atoms with E-state index in [-0.39, 0.29) is 0 Å². The Balaban J connectivity index is 2.43. The molecule has 1 aliphatic rings. The second-order valence-corrected chi connectivity index (χ2v) is 4.97. The lowest BCUT2D eigenvalue weighted by atomic mass is 9.61. The van der Waals surface area contributed by atoms with Gasteiger partial charge >= 0.3 is 0 Å². The normalized spacial score (nSPS) is 34.9. The standard InChI is InChI=1S/C12H22/c1-8(2)6-11-7-10(5)12(11)9(3)4/h8,10-12H,3,6-7H2,1-2,4-5H3. The molecule has 3 atom stereocenters. The molecule has 3 unspecified atom stereocenters. The smallest absolute Gasteiger partial charge is 0.0154 e. The van der Waals surface area contributed by atoms with Crippen molar-refractivity contribution in [3.8, 4) is 0 Å². The average Bonchev–Trinajstić information content (AvgIpc) is 1.82. The summed E-state index contributed by atoms with van der Waals surface area (Å²) in [5, 5.41) is 0. The Morgan fingerprint density at radius 1 is 1.50 bits per heavy atom. The summed E-state index contributed by atoms with van der Waals surface area (Å²) in [7, 11) is 0. The molecule has 0 bridgehead atoms. The third-order valence-electron chi connectivity index (χ3n) is 3.14. The Kier molecular flexibility index (Phi) is 2.98. The van der Waals surface area contributed by atoms with Gasteiger partial charge in [-0.25, -0.2) is 0 Å². The third kappa shape index (κ3) is 1.91. The molecule has 0 N–H and O–H groups in total. The minimum atomic E-state index is 0.826. The van der Waals surface area contributed by atoms with E-state index in [1.54, 1.807) is 0 Å². The van der Waals surface area contributed by atoms with Crippen LogP contribution in [0.5, 0.6) is 0 Å². The summed E-state index contributed by atoms with van der Waals surface area (Å²) in [5.41, 5.74) is 1.40. The lowest BCUT2D eigenvalue weighted by Gasteiger charge is -2.44. The maximum atomic E-state index is 4.09. The lowest BCUT2D eigenvalue weighted by Crippen LogP contribution is -2.36. The zero-order valence-electron chi connectivity index (χ0n) is 8.93. The largest absolute Gasteiger partial charge is 0.0998 e. The zero-order chi connectivity index (χ0) is 9.30. The van der Waals surface area contributed by atoms with E-state index >= 15 is 0 Å². The van der Waals surface area contributed by atoms with E-state index in [0.29, 0.717) is 0 Å². The van der Waals surface area contributed by atoms with Crippen LogP contribution >= 0.6 is 0 Å². The highest BCUT2D eigenvalue weighted by molar-refractivity contribution is 5.07. The molecule has 1 fully saturated rings. The van der Waals surface area contributed by atoms with Crippen molar-refractivity contribution in [2.45, 2.75) is 40.5 Å². The summed E-state index contributed by atoms with van der Waals surface area (Å²) < 4.78 is 0. The molecule has 0 aromatic rings. The first-order chi connectivity index (χ1) is 5.52. The van der Waals surface area contributed by atoms with E-state index in [1.807, 2.05) is 0 Å². The summed E-state index contributed by atoms with van der Waals surface area (Å²) in [6.45, 7) is 13.3. The molecule has 1 aliphatic carbocycles. The van der Waals surface area contributed by atoms with Crippen LogP contribution in [0.3, 0.4) is 0 Å². The Bertz CT molecular complexity index is 167. The highest BCUT2D eigenvalue weighted by Crippen LogP contribution is 2.46. The first-order valence-electron chi connectivity index (χ1n) is 5.17. The van der Waals surface area contributed by atoms with E-state index in [4.69, 9.17) is 0 Å². The van der Waals surface area contributed by atoms with Gasteiger partial charge in [0, 0.05) is 0 Å². The van der Waals surface area contributed by atoms with Crippen LogP contribution in [0.15, 0.2) is 12.2 Å². The van der Waals surface area contributed by atoms with E-state index in [1.165, 1.54) is 18.4 Å². The predicted molar refractivity (Wildman–Crippen MR) is 55.0 cm³/mol. The van der Waals surface area contributed by atoms with E-state index < -0.39 is 0 Å². The highest BCUT2D eigenvalue weighted by atomic mass is 14.4. The maximum absolute atomic E-state index is 4.09. The minimum Gasteiger partial charge on any atom is -0.0998 e. The molecular weight excluding hydrogens is 144 g/mol. The van der Waals surface area contributed by atoms with Gasteiger partial charge in [-0.05, 0) is 43.4 Å². The summed E-state index contributed by atoms with van der Waals surface area (Å²) in [4.78, 5) is 0. The molecule has 0 aromatic carbocycles. The molecular formula is C12H22. The molecule has 70 valence electrons. The third-order valence-corrected chi connectivity index (χ3v) is 3.14. The second kappa shape index (κ2) is 3.64.